The standard InChI is InChI=1S/C21H21BrN4O5/c1-4-5-6-19-24-16-8-7-14(22)11-15(16)21(27)25(19)23-12-13-9-17(26(28)29)20(31-3)18(10-13)30-2/h7-12H,4-6H2,1-3H3. The summed E-state index contributed by atoms with van der Waals surface area (Å²) in [5.74, 6) is 0.729. The summed E-state index contributed by atoms with van der Waals surface area (Å²) in [5.41, 5.74) is 0.394. The number of aryl methyl sites for hydroxylation is 1. The number of aromatic nitrogens is 2. The highest BCUT2D eigenvalue weighted by Crippen LogP contribution is 2.37. The summed E-state index contributed by atoms with van der Waals surface area (Å²) in [6.07, 6.45) is 3.71. The number of nitrogens with zero attached hydrogens (tertiary/aromatic N) is 4. The molecule has 9 nitrogen and oxygen atoms in total. The first-order valence-electron chi connectivity index (χ1n) is 9.55. The Balaban J connectivity index is 2.16. The van der Waals surface area contributed by atoms with E-state index in [1.807, 2.05) is 13.0 Å². The normalized spacial score (nSPS) is 11.2. The lowest BCUT2D eigenvalue weighted by Gasteiger charge is -2.10. The van der Waals surface area contributed by atoms with E-state index in [2.05, 4.69) is 26.0 Å². The maximum atomic E-state index is 13.1. The first kappa shape index (κ1) is 22.4. The summed E-state index contributed by atoms with van der Waals surface area (Å²) in [4.78, 5) is 28.6. The van der Waals surface area contributed by atoms with Crippen molar-refractivity contribution in [2.24, 2.45) is 5.10 Å². The van der Waals surface area contributed by atoms with E-state index in [1.54, 1.807) is 18.2 Å². The molecule has 2 aromatic carbocycles. The summed E-state index contributed by atoms with van der Waals surface area (Å²) in [6, 6.07) is 8.17. The van der Waals surface area contributed by atoms with Gasteiger partial charge in [0.2, 0.25) is 5.75 Å². The lowest BCUT2D eigenvalue weighted by atomic mass is 10.2. The minimum atomic E-state index is -0.563. The second-order valence-electron chi connectivity index (χ2n) is 6.69. The van der Waals surface area contributed by atoms with Crippen molar-refractivity contribution in [1.29, 1.82) is 0 Å². The number of methoxy groups -OCH3 is 2. The molecule has 0 aliphatic carbocycles. The van der Waals surface area contributed by atoms with Crippen LogP contribution in [0.15, 0.2) is 44.7 Å². The van der Waals surface area contributed by atoms with Gasteiger partial charge in [-0.3, -0.25) is 14.9 Å². The average Bonchev–Trinajstić information content (AvgIpc) is 2.76. The third kappa shape index (κ3) is 4.74. The molecule has 1 aromatic heterocycles. The van der Waals surface area contributed by atoms with Crippen LogP contribution in [0.1, 0.15) is 31.2 Å². The molecule has 0 unspecified atom stereocenters. The maximum Gasteiger partial charge on any atom is 0.315 e. The molecule has 162 valence electrons. The Bertz CT molecular complexity index is 1220. The fraction of sp³-hybridized carbons (Fsp3) is 0.286. The number of benzene rings is 2. The Morgan fingerprint density at radius 1 is 1.26 bits per heavy atom. The predicted molar refractivity (Wildman–Crippen MR) is 122 cm³/mol. The molecule has 0 aliphatic rings. The minimum absolute atomic E-state index is 0.0164. The molecule has 3 rings (SSSR count). The Morgan fingerprint density at radius 2 is 2.03 bits per heavy atom. The number of nitro benzene ring substituents is 1. The highest BCUT2D eigenvalue weighted by Gasteiger charge is 2.21. The maximum absolute atomic E-state index is 13.1. The van der Waals surface area contributed by atoms with Crippen LogP contribution in [0.2, 0.25) is 0 Å². The fourth-order valence-corrected chi connectivity index (χ4v) is 3.47. The number of hydrogen-bond donors (Lipinski definition) is 0. The summed E-state index contributed by atoms with van der Waals surface area (Å²) < 4.78 is 12.3. The largest absolute Gasteiger partial charge is 0.493 e. The van der Waals surface area contributed by atoms with E-state index in [-0.39, 0.29) is 22.7 Å². The van der Waals surface area contributed by atoms with Crippen molar-refractivity contribution in [3.05, 3.63) is 66.7 Å². The van der Waals surface area contributed by atoms with Gasteiger partial charge in [0.1, 0.15) is 5.82 Å². The van der Waals surface area contributed by atoms with E-state index in [9.17, 15) is 14.9 Å². The second kappa shape index (κ2) is 9.69. The Labute approximate surface area is 186 Å². The van der Waals surface area contributed by atoms with Crippen LogP contribution in [0.5, 0.6) is 11.5 Å². The van der Waals surface area contributed by atoms with E-state index in [4.69, 9.17) is 9.47 Å². The van der Waals surface area contributed by atoms with Crippen molar-refractivity contribution in [3.8, 4) is 11.5 Å². The molecule has 0 spiro atoms. The molecule has 0 amide bonds. The molecule has 0 radical (unpaired) electrons. The SMILES string of the molecule is CCCCc1nc2ccc(Br)cc2c(=O)n1N=Cc1cc(OC)c(OC)c([N+](=O)[O-])c1. The van der Waals surface area contributed by atoms with Gasteiger partial charge in [-0.15, -0.1) is 0 Å². The molecule has 0 atom stereocenters. The van der Waals surface area contributed by atoms with Crippen molar-refractivity contribution in [2.75, 3.05) is 14.2 Å². The van der Waals surface area contributed by atoms with E-state index in [1.165, 1.54) is 31.2 Å². The van der Waals surface area contributed by atoms with Gasteiger partial charge in [-0.1, -0.05) is 29.3 Å². The molecule has 3 aromatic rings. The number of ether oxygens (including phenoxy) is 2. The fourth-order valence-electron chi connectivity index (χ4n) is 3.11. The van der Waals surface area contributed by atoms with Gasteiger partial charge < -0.3 is 9.47 Å². The number of nitro groups is 1. The van der Waals surface area contributed by atoms with E-state index < -0.39 is 4.92 Å². The summed E-state index contributed by atoms with van der Waals surface area (Å²) in [5, 5.41) is 16.2. The van der Waals surface area contributed by atoms with Crippen LogP contribution < -0.4 is 15.0 Å². The Hall–Kier alpha value is -3.27. The number of halogens is 1. The van der Waals surface area contributed by atoms with Crippen molar-refractivity contribution < 1.29 is 14.4 Å². The quantitative estimate of drug-likeness (QED) is 0.265. The smallest absolute Gasteiger partial charge is 0.315 e. The van der Waals surface area contributed by atoms with Gasteiger partial charge in [0.15, 0.2) is 5.75 Å². The van der Waals surface area contributed by atoms with Crippen LogP contribution in [-0.2, 0) is 6.42 Å². The van der Waals surface area contributed by atoms with Crippen LogP contribution >= 0.6 is 15.9 Å². The number of unbranched alkanes of at least 4 members (excludes halogenated alkanes) is 1. The van der Waals surface area contributed by atoms with Crippen LogP contribution in [0.25, 0.3) is 10.9 Å². The summed E-state index contributed by atoms with van der Waals surface area (Å²) >= 11 is 3.37. The Morgan fingerprint density at radius 3 is 2.68 bits per heavy atom. The van der Waals surface area contributed by atoms with Crippen LogP contribution in [-0.4, -0.2) is 35.0 Å². The number of fused-ring (bicyclic) bond motifs is 1. The average molecular weight is 489 g/mol. The zero-order valence-electron chi connectivity index (χ0n) is 17.3. The van der Waals surface area contributed by atoms with Gasteiger partial charge in [-0.05, 0) is 30.7 Å². The lowest BCUT2D eigenvalue weighted by Crippen LogP contribution is -2.22. The van der Waals surface area contributed by atoms with Gasteiger partial charge >= 0.3 is 5.69 Å². The zero-order valence-corrected chi connectivity index (χ0v) is 18.9. The van der Waals surface area contributed by atoms with Crippen LogP contribution in [0.3, 0.4) is 0 Å². The van der Waals surface area contributed by atoms with Gasteiger partial charge in [0, 0.05) is 22.5 Å². The molecule has 0 fully saturated rings. The molecule has 0 aliphatic heterocycles. The molecule has 10 heteroatoms. The number of hydrogen-bond acceptors (Lipinski definition) is 7. The molecular formula is C21H21BrN4O5. The van der Waals surface area contributed by atoms with Gasteiger partial charge in [-0.2, -0.15) is 9.78 Å². The molecular weight excluding hydrogens is 468 g/mol. The third-order valence-electron chi connectivity index (χ3n) is 4.63. The summed E-state index contributed by atoms with van der Waals surface area (Å²) in [6.45, 7) is 2.05. The molecule has 0 N–H and O–H groups in total. The molecule has 0 saturated carbocycles. The van der Waals surface area contributed by atoms with Crippen LogP contribution in [0, 0.1) is 10.1 Å². The number of rotatable bonds is 8. The second-order valence-corrected chi connectivity index (χ2v) is 7.60. The molecule has 1 heterocycles. The Kier molecular flexibility index (Phi) is 7.01. The first-order valence-corrected chi connectivity index (χ1v) is 10.3. The van der Waals surface area contributed by atoms with E-state index in [0.29, 0.717) is 28.7 Å². The first-order chi connectivity index (χ1) is 14.9. The van der Waals surface area contributed by atoms with Gasteiger partial charge in [0.25, 0.3) is 5.56 Å². The van der Waals surface area contributed by atoms with Gasteiger partial charge in [0.05, 0.1) is 36.3 Å². The lowest BCUT2D eigenvalue weighted by molar-refractivity contribution is -0.385. The molecule has 31 heavy (non-hydrogen) atoms. The van der Waals surface area contributed by atoms with E-state index in [0.717, 1.165) is 17.3 Å². The van der Waals surface area contributed by atoms with E-state index >= 15 is 0 Å². The molecule has 0 bridgehead atoms. The monoisotopic (exact) mass is 488 g/mol. The van der Waals surface area contributed by atoms with Crippen molar-refractivity contribution in [1.82, 2.24) is 9.66 Å². The zero-order chi connectivity index (χ0) is 22.5. The third-order valence-corrected chi connectivity index (χ3v) is 5.12. The molecule has 0 saturated heterocycles. The van der Waals surface area contributed by atoms with Gasteiger partial charge in [-0.25, -0.2) is 4.98 Å². The predicted octanol–water partition coefficient (Wildman–Crippen LogP) is 4.31. The minimum Gasteiger partial charge on any atom is -0.493 e. The highest BCUT2D eigenvalue weighted by molar-refractivity contribution is 9.10. The van der Waals surface area contributed by atoms with Crippen LogP contribution in [0.4, 0.5) is 5.69 Å². The highest BCUT2D eigenvalue weighted by atomic mass is 79.9. The van der Waals surface area contributed by atoms with Crippen molar-refractivity contribution in [2.45, 2.75) is 26.2 Å². The van der Waals surface area contributed by atoms with Crippen molar-refractivity contribution in [3.63, 3.8) is 0 Å². The van der Waals surface area contributed by atoms with Crippen molar-refractivity contribution >= 4 is 38.7 Å². The topological polar surface area (TPSA) is 109 Å². The summed E-state index contributed by atoms with van der Waals surface area (Å²) in [7, 11) is 2.72.